The van der Waals surface area contributed by atoms with E-state index in [4.69, 9.17) is 16.3 Å². The third kappa shape index (κ3) is 1.86. The van der Waals surface area contributed by atoms with Crippen molar-refractivity contribution < 1.29 is 17.9 Å². The zero-order valence-corrected chi connectivity index (χ0v) is 7.64. The summed E-state index contributed by atoms with van der Waals surface area (Å²) in [5.74, 6) is 0. The molecule has 1 saturated heterocycles. The highest BCUT2D eigenvalue weighted by atomic mass is 35.5. The largest absolute Gasteiger partial charge is 0.416 e. The van der Waals surface area contributed by atoms with Crippen molar-refractivity contribution in [1.29, 1.82) is 0 Å². The van der Waals surface area contributed by atoms with Crippen molar-refractivity contribution in [2.75, 3.05) is 0 Å². The van der Waals surface area contributed by atoms with Crippen LogP contribution in [0.4, 0.5) is 13.2 Å². The van der Waals surface area contributed by atoms with E-state index in [9.17, 15) is 13.2 Å². The van der Waals surface area contributed by atoms with E-state index in [2.05, 4.69) is 0 Å². The topological polar surface area (TPSA) is 12.5 Å². The van der Waals surface area contributed by atoms with Gasteiger partial charge in [-0.25, -0.2) is 0 Å². The Bertz CT molecular complexity index is 350. The Kier molecular flexibility index (Phi) is 2.20. The van der Waals surface area contributed by atoms with Gasteiger partial charge >= 0.3 is 6.18 Å². The highest BCUT2D eigenvalue weighted by molar-refractivity contribution is 6.21. The van der Waals surface area contributed by atoms with Crippen molar-refractivity contribution in [1.82, 2.24) is 0 Å². The van der Waals surface area contributed by atoms with Gasteiger partial charge < -0.3 is 4.74 Å². The molecule has 1 heterocycles. The lowest BCUT2D eigenvalue weighted by Gasteiger charge is -2.06. The van der Waals surface area contributed by atoms with Gasteiger partial charge in [-0.05, 0) is 17.7 Å². The fourth-order valence-corrected chi connectivity index (χ4v) is 1.47. The van der Waals surface area contributed by atoms with Crippen LogP contribution in [0.3, 0.4) is 0 Å². The summed E-state index contributed by atoms with van der Waals surface area (Å²) in [7, 11) is 0. The molecule has 0 radical (unpaired) electrons. The molecule has 1 aliphatic rings. The van der Waals surface area contributed by atoms with Gasteiger partial charge in [0.1, 0.15) is 6.10 Å². The van der Waals surface area contributed by atoms with Crippen LogP contribution in [0.25, 0.3) is 0 Å². The van der Waals surface area contributed by atoms with Crippen molar-refractivity contribution in [2.24, 2.45) is 0 Å². The number of hydrogen-bond donors (Lipinski definition) is 0. The fraction of sp³-hybridized carbons (Fsp3) is 0.333. The van der Waals surface area contributed by atoms with Crippen molar-refractivity contribution in [3.63, 3.8) is 0 Å². The summed E-state index contributed by atoms with van der Waals surface area (Å²) in [6, 6.07) is 5.01. The molecule has 0 bridgehead atoms. The predicted molar refractivity (Wildman–Crippen MR) is 44.9 cm³/mol. The third-order valence-electron chi connectivity index (χ3n) is 1.98. The van der Waals surface area contributed by atoms with Crippen LogP contribution >= 0.6 is 11.6 Å². The number of halogens is 4. The molecule has 14 heavy (non-hydrogen) atoms. The van der Waals surface area contributed by atoms with Gasteiger partial charge in [0, 0.05) is 0 Å². The number of epoxide rings is 1. The van der Waals surface area contributed by atoms with Gasteiger partial charge in [0.25, 0.3) is 0 Å². The minimum absolute atomic E-state index is 0.390. The van der Waals surface area contributed by atoms with Crippen LogP contribution in [0.5, 0.6) is 0 Å². The number of hydrogen-bond acceptors (Lipinski definition) is 1. The van der Waals surface area contributed by atoms with Crippen LogP contribution in [-0.4, -0.2) is 5.56 Å². The van der Waals surface area contributed by atoms with Crippen LogP contribution in [0.15, 0.2) is 24.3 Å². The van der Waals surface area contributed by atoms with E-state index in [-0.39, 0.29) is 6.10 Å². The van der Waals surface area contributed by atoms with Crippen molar-refractivity contribution in [2.45, 2.75) is 17.8 Å². The third-order valence-corrected chi connectivity index (χ3v) is 2.31. The average Bonchev–Trinajstić information content (AvgIpc) is 2.82. The zero-order valence-electron chi connectivity index (χ0n) is 6.88. The number of alkyl halides is 4. The Labute approximate surface area is 83.4 Å². The van der Waals surface area contributed by atoms with Gasteiger partial charge in [0.05, 0.1) is 5.56 Å². The van der Waals surface area contributed by atoms with Crippen molar-refractivity contribution >= 4 is 11.6 Å². The van der Waals surface area contributed by atoms with Gasteiger partial charge in [-0.15, -0.1) is 0 Å². The normalized spacial score (nSPS) is 26.3. The highest BCUT2D eigenvalue weighted by Crippen LogP contribution is 2.42. The summed E-state index contributed by atoms with van der Waals surface area (Å²) in [5.41, 5.74) is -0.687. The number of benzene rings is 1. The molecule has 1 nitrogen and oxygen atoms in total. The smallest absolute Gasteiger partial charge is 0.347 e. The van der Waals surface area contributed by atoms with Crippen LogP contribution in [0.1, 0.15) is 17.2 Å². The quantitative estimate of drug-likeness (QED) is 0.524. The summed E-state index contributed by atoms with van der Waals surface area (Å²) in [4.78, 5) is 0. The maximum atomic E-state index is 12.3. The average molecular weight is 223 g/mol. The van der Waals surface area contributed by atoms with E-state index >= 15 is 0 Å². The summed E-state index contributed by atoms with van der Waals surface area (Å²) >= 11 is 5.55. The lowest BCUT2D eigenvalue weighted by molar-refractivity contribution is -0.137. The molecular weight excluding hydrogens is 217 g/mol. The Morgan fingerprint density at radius 3 is 2.43 bits per heavy atom. The Morgan fingerprint density at radius 2 is 1.93 bits per heavy atom. The molecule has 0 aromatic heterocycles. The van der Waals surface area contributed by atoms with E-state index < -0.39 is 17.3 Å². The molecule has 0 amide bonds. The molecule has 1 fully saturated rings. The second-order valence-electron chi connectivity index (χ2n) is 3.03. The van der Waals surface area contributed by atoms with Gasteiger partial charge in [-0.3, -0.25) is 0 Å². The molecule has 0 aliphatic carbocycles. The van der Waals surface area contributed by atoms with E-state index in [1.165, 1.54) is 6.07 Å². The molecule has 1 aromatic carbocycles. The Hall–Kier alpha value is -0.740. The molecule has 5 heteroatoms. The molecule has 76 valence electrons. The lowest BCUT2D eigenvalue weighted by Crippen LogP contribution is -2.05. The van der Waals surface area contributed by atoms with Crippen molar-refractivity contribution in [3.05, 3.63) is 35.4 Å². The van der Waals surface area contributed by atoms with E-state index in [1.807, 2.05) is 0 Å². The SMILES string of the molecule is FC(F)(F)c1cccc(C2OC2Cl)c1. The lowest BCUT2D eigenvalue weighted by atomic mass is 10.1. The molecule has 2 unspecified atom stereocenters. The van der Waals surface area contributed by atoms with E-state index in [0.29, 0.717) is 5.56 Å². The van der Waals surface area contributed by atoms with Gasteiger partial charge in [-0.1, -0.05) is 23.7 Å². The second-order valence-corrected chi connectivity index (χ2v) is 3.46. The Balaban J connectivity index is 2.28. The van der Waals surface area contributed by atoms with E-state index in [0.717, 1.165) is 12.1 Å². The first-order valence-corrected chi connectivity index (χ1v) is 4.39. The Morgan fingerprint density at radius 1 is 1.29 bits per heavy atom. The molecule has 0 N–H and O–H groups in total. The molecule has 1 aliphatic heterocycles. The highest BCUT2D eigenvalue weighted by Gasteiger charge is 2.39. The maximum Gasteiger partial charge on any atom is 0.416 e. The molecule has 1 aromatic rings. The molecule has 2 atom stereocenters. The molecule has 0 saturated carbocycles. The summed E-state index contributed by atoms with van der Waals surface area (Å²) in [6.45, 7) is 0. The number of rotatable bonds is 1. The fourth-order valence-electron chi connectivity index (χ4n) is 1.22. The monoisotopic (exact) mass is 222 g/mol. The first-order chi connectivity index (χ1) is 6.48. The van der Waals surface area contributed by atoms with Crippen LogP contribution in [0.2, 0.25) is 0 Å². The van der Waals surface area contributed by atoms with Gasteiger partial charge in [-0.2, -0.15) is 13.2 Å². The molecular formula is C9H6ClF3O. The van der Waals surface area contributed by atoms with Crippen molar-refractivity contribution in [3.8, 4) is 0 Å². The molecule has 0 spiro atoms. The summed E-state index contributed by atoms with van der Waals surface area (Å²) in [5, 5.41) is 0. The summed E-state index contributed by atoms with van der Waals surface area (Å²) < 4.78 is 41.7. The number of ether oxygens (including phenoxy) is 1. The first-order valence-electron chi connectivity index (χ1n) is 3.95. The van der Waals surface area contributed by atoms with Crippen LogP contribution < -0.4 is 0 Å². The maximum absolute atomic E-state index is 12.3. The first kappa shape index (κ1) is 9.80. The summed E-state index contributed by atoms with van der Waals surface area (Å²) in [6.07, 6.45) is -4.70. The van der Waals surface area contributed by atoms with Crippen LogP contribution in [-0.2, 0) is 10.9 Å². The molecule has 2 rings (SSSR count). The second kappa shape index (κ2) is 3.14. The minimum atomic E-state index is -4.31. The minimum Gasteiger partial charge on any atom is -0.347 e. The predicted octanol–water partition coefficient (Wildman–Crippen LogP) is 3.34. The standard InChI is InChI=1S/C9H6ClF3O/c10-8-7(14-8)5-2-1-3-6(4-5)9(11,12)13/h1-4,7-8H. The van der Waals surface area contributed by atoms with Crippen LogP contribution in [0, 0.1) is 0 Å². The van der Waals surface area contributed by atoms with E-state index in [1.54, 1.807) is 6.07 Å². The van der Waals surface area contributed by atoms with Gasteiger partial charge in [0.15, 0.2) is 5.56 Å². The van der Waals surface area contributed by atoms with Gasteiger partial charge in [0.2, 0.25) is 0 Å². The zero-order chi connectivity index (χ0) is 10.3.